The van der Waals surface area contributed by atoms with E-state index in [0.717, 1.165) is 13.0 Å². The van der Waals surface area contributed by atoms with Gasteiger partial charge in [-0.15, -0.1) is 11.3 Å². The van der Waals surface area contributed by atoms with E-state index >= 15 is 0 Å². The van der Waals surface area contributed by atoms with Gasteiger partial charge in [0.05, 0.1) is 11.5 Å². The Balaban J connectivity index is 2.21. The fourth-order valence-corrected chi connectivity index (χ4v) is 3.95. The van der Waals surface area contributed by atoms with Crippen LogP contribution in [0.2, 0.25) is 0 Å². The Kier molecular flexibility index (Phi) is 3.99. The molecule has 1 saturated heterocycles. The number of rotatable bonds is 4. The molecule has 0 aliphatic carbocycles. The van der Waals surface area contributed by atoms with Crippen LogP contribution in [0, 0.1) is 12.3 Å². The number of thiophene rings is 1. The maximum absolute atomic E-state index is 11.6. The van der Waals surface area contributed by atoms with Crippen LogP contribution in [0.5, 0.6) is 0 Å². The van der Waals surface area contributed by atoms with Gasteiger partial charge in [-0.2, -0.15) is 0 Å². The molecule has 0 radical (unpaired) electrons. The molecule has 5 heteroatoms. The fraction of sp³-hybridized carbons (Fsp3) is 0.643. The first-order chi connectivity index (χ1) is 8.83. The van der Waals surface area contributed by atoms with Crippen LogP contribution in [-0.2, 0) is 4.79 Å². The van der Waals surface area contributed by atoms with E-state index in [1.807, 2.05) is 13.8 Å². The molecule has 4 N–H and O–H groups in total. The van der Waals surface area contributed by atoms with E-state index in [0.29, 0.717) is 6.54 Å². The van der Waals surface area contributed by atoms with Gasteiger partial charge in [-0.1, -0.05) is 0 Å². The Bertz CT molecular complexity index is 471. The van der Waals surface area contributed by atoms with E-state index in [1.54, 1.807) is 11.3 Å². The summed E-state index contributed by atoms with van der Waals surface area (Å²) >= 11 is 1.78. The summed E-state index contributed by atoms with van der Waals surface area (Å²) in [5, 5.41) is 0. The largest absolute Gasteiger partial charge is 0.369 e. The van der Waals surface area contributed by atoms with Crippen LogP contribution in [0.1, 0.15) is 36.1 Å². The lowest BCUT2D eigenvalue weighted by molar-refractivity contribution is -0.126. The Labute approximate surface area is 118 Å². The highest BCUT2D eigenvalue weighted by atomic mass is 32.1. The zero-order chi connectivity index (χ0) is 14.2. The van der Waals surface area contributed by atoms with Crippen molar-refractivity contribution in [2.24, 2.45) is 16.9 Å². The minimum absolute atomic E-state index is 0.0354. The summed E-state index contributed by atoms with van der Waals surface area (Å²) in [7, 11) is 0. The van der Waals surface area contributed by atoms with Gasteiger partial charge in [0, 0.05) is 22.3 Å². The van der Waals surface area contributed by atoms with E-state index in [-0.39, 0.29) is 18.0 Å². The van der Waals surface area contributed by atoms with Gasteiger partial charge in [0.15, 0.2) is 0 Å². The molecule has 0 spiro atoms. The number of likely N-dealkylation sites (tertiary alicyclic amines) is 1. The molecule has 1 amide bonds. The summed E-state index contributed by atoms with van der Waals surface area (Å²) in [4.78, 5) is 16.4. The predicted octanol–water partition coefficient (Wildman–Crippen LogP) is 1.64. The van der Waals surface area contributed by atoms with Crippen molar-refractivity contribution >= 4 is 17.2 Å². The number of nitrogens with two attached hydrogens (primary N) is 2. The van der Waals surface area contributed by atoms with Crippen molar-refractivity contribution in [3.8, 4) is 0 Å². The summed E-state index contributed by atoms with van der Waals surface area (Å²) in [6.07, 6.45) is 0.815. The number of amides is 1. The monoisotopic (exact) mass is 281 g/mol. The zero-order valence-electron chi connectivity index (χ0n) is 11.8. The lowest BCUT2D eigenvalue weighted by Gasteiger charge is -2.31. The van der Waals surface area contributed by atoms with Crippen molar-refractivity contribution in [2.45, 2.75) is 39.3 Å². The highest BCUT2D eigenvalue weighted by Gasteiger charge is 2.42. The van der Waals surface area contributed by atoms with Crippen molar-refractivity contribution < 1.29 is 4.79 Å². The molecule has 0 bridgehead atoms. The summed E-state index contributed by atoms with van der Waals surface area (Å²) in [6.45, 7) is 7.66. The number of nitrogens with zero attached hydrogens (tertiary/aromatic N) is 1. The molecule has 1 aromatic heterocycles. The van der Waals surface area contributed by atoms with Crippen LogP contribution in [0.3, 0.4) is 0 Å². The zero-order valence-corrected chi connectivity index (χ0v) is 12.7. The molecule has 1 aliphatic rings. The van der Waals surface area contributed by atoms with Gasteiger partial charge in [-0.05, 0) is 45.9 Å². The standard InChI is InChI=1S/C14H23N3OS/c1-9-4-5-11(19-9)12(10(2)15)17-7-6-14(3,8-17)13(16)18/h4-5,10,12H,6-8,15H2,1-3H3,(H2,16,18). The van der Waals surface area contributed by atoms with Crippen LogP contribution >= 0.6 is 11.3 Å². The second-order valence-corrected chi connectivity index (χ2v) is 7.22. The lowest BCUT2D eigenvalue weighted by atomic mass is 9.89. The average Bonchev–Trinajstić information content (AvgIpc) is 2.87. The number of primary amides is 1. The van der Waals surface area contributed by atoms with Gasteiger partial charge in [-0.3, -0.25) is 9.69 Å². The molecule has 106 valence electrons. The Morgan fingerprint density at radius 1 is 1.53 bits per heavy atom. The minimum Gasteiger partial charge on any atom is -0.369 e. The third-order valence-corrected chi connectivity index (χ3v) is 5.11. The van der Waals surface area contributed by atoms with Crippen molar-refractivity contribution in [1.82, 2.24) is 4.90 Å². The van der Waals surface area contributed by atoms with Crippen molar-refractivity contribution in [3.63, 3.8) is 0 Å². The van der Waals surface area contributed by atoms with Gasteiger partial charge >= 0.3 is 0 Å². The van der Waals surface area contributed by atoms with Crippen LogP contribution < -0.4 is 11.5 Å². The summed E-state index contributed by atoms with van der Waals surface area (Å²) in [5.74, 6) is -0.208. The topological polar surface area (TPSA) is 72.3 Å². The fourth-order valence-electron chi connectivity index (χ4n) is 2.82. The number of hydrogen-bond acceptors (Lipinski definition) is 4. The van der Waals surface area contributed by atoms with Crippen LogP contribution in [0.15, 0.2) is 12.1 Å². The average molecular weight is 281 g/mol. The number of carbonyl (C=O) groups is 1. The molecule has 2 heterocycles. The van der Waals surface area contributed by atoms with E-state index in [9.17, 15) is 4.79 Å². The first-order valence-electron chi connectivity index (χ1n) is 6.69. The molecule has 2 rings (SSSR count). The molecule has 0 saturated carbocycles. The predicted molar refractivity (Wildman–Crippen MR) is 78.9 cm³/mol. The summed E-state index contributed by atoms with van der Waals surface area (Å²) < 4.78 is 0. The molecule has 1 aliphatic heterocycles. The van der Waals surface area contributed by atoms with Crippen molar-refractivity contribution in [3.05, 3.63) is 21.9 Å². The van der Waals surface area contributed by atoms with E-state index in [1.165, 1.54) is 9.75 Å². The highest BCUT2D eigenvalue weighted by molar-refractivity contribution is 7.12. The van der Waals surface area contributed by atoms with E-state index in [2.05, 4.69) is 24.0 Å². The maximum Gasteiger partial charge on any atom is 0.224 e. The van der Waals surface area contributed by atoms with E-state index in [4.69, 9.17) is 11.5 Å². The lowest BCUT2D eigenvalue weighted by Crippen LogP contribution is -2.41. The van der Waals surface area contributed by atoms with Gasteiger partial charge in [0.25, 0.3) is 0 Å². The molecule has 3 unspecified atom stereocenters. The van der Waals surface area contributed by atoms with Crippen molar-refractivity contribution in [2.75, 3.05) is 13.1 Å². The third kappa shape index (κ3) is 2.83. The molecule has 19 heavy (non-hydrogen) atoms. The maximum atomic E-state index is 11.6. The first kappa shape index (κ1) is 14.5. The molecular weight excluding hydrogens is 258 g/mol. The SMILES string of the molecule is Cc1ccc(C(C(C)N)N2CCC(C)(C(N)=O)C2)s1. The molecular formula is C14H23N3OS. The van der Waals surface area contributed by atoms with Crippen LogP contribution in [0.25, 0.3) is 0 Å². The molecule has 0 aromatic carbocycles. The van der Waals surface area contributed by atoms with E-state index < -0.39 is 5.41 Å². The Hall–Kier alpha value is -0.910. The van der Waals surface area contributed by atoms with Crippen LogP contribution in [-0.4, -0.2) is 29.9 Å². The first-order valence-corrected chi connectivity index (χ1v) is 7.51. The molecule has 3 atom stereocenters. The van der Waals surface area contributed by atoms with Gasteiger partial charge in [-0.25, -0.2) is 0 Å². The summed E-state index contributed by atoms with van der Waals surface area (Å²) in [6, 6.07) is 4.49. The smallest absolute Gasteiger partial charge is 0.224 e. The number of carbonyl (C=O) groups excluding carboxylic acids is 1. The van der Waals surface area contributed by atoms with Crippen LogP contribution in [0.4, 0.5) is 0 Å². The number of aryl methyl sites for hydroxylation is 1. The van der Waals surface area contributed by atoms with Gasteiger partial charge in [0.1, 0.15) is 0 Å². The normalized spacial score (nSPS) is 27.4. The Morgan fingerprint density at radius 2 is 2.21 bits per heavy atom. The molecule has 1 aromatic rings. The number of hydrogen-bond donors (Lipinski definition) is 2. The summed E-state index contributed by atoms with van der Waals surface area (Å²) in [5.41, 5.74) is 11.3. The van der Waals surface area contributed by atoms with Gasteiger partial charge < -0.3 is 11.5 Å². The third-order valence-electron chi connectivity index (χ3n) is 4.04. The quantitative estimate of drug-likeness (QED) is 0.881. The molecule has 4 nitrogen and oxygen atoms in total. The Morgan fingerprint density at radius 3 is 2.63 bits per heavy atom. The van der Waals surface area contributed by atoms with Gasteiger partial charge in [0.2, 0.25) is 5.91 Å². The highest BCUT2D eigenvalue weighted by Crippen LogP contribution is 2.38. The van der Waals surface area contributed by atoms with Crippen molar-refractivity contribution in [1.29, 1.82) is 0 Å². The second-order valence-electron chi connectivity index (χ2n) is 5.90. The second kappa shape index (κ2) is 5.23. The minimum atomic E-state index is -0.417. The molecule has 1 fully saturated rings.